The lowest BCUT2D eigenvalue weighted by Gasteiger charge is -2.39. The quantitative estimate of drug-likeness (QED) is 0.786. The Morgan fingerprint density at radius 2 is 1.90 bits per heavy atom. The Labute approximate surface area is 177 Å². The van der Waals surface area contributed by atoms with E-state index in [2.05, 4.69) is 23.5 Å². The van der Waals surface area contributed by atoms with Gasteiger partial charge in [-0.05, 0) is 55.8 Å². The topological polar surface area (TPSA) is 85.6 Å². The number of para-hydroxylation sites is 1. The summed E-state index contributed by atoms with van der Waals surface area (Å²) < 4.78 is 6.34. The number of ether oxygens (including phenoxy) is 1. The molecular formula is C24H27N3O3. The number of benzene rings is 2. The maximum atomic E-state index is 12.3. The lowest BCUT2D eigenvalue weighted by molar-refractivity contribution is 0.0468. The van der Waals surface area contributed by atoms with Crippen molar-refractivity contribution in [1.29, 1.82) is 5.26 Å². The zero-order valence-corrected chi connectivity index (χ0v) is 16.9. The molecule has 0 aromatic heterocycles. The molecule has 30 heavy (non-hydrogen) atoms. The second-order valence-electron chi connectivity index (χ2n) is 8.10. The van der Waals surface area contributed by atoms with E-state index in [1.807, 2.05) is 30.3 Å². The molecule has 1 heterocycles. The van der Waals surface area contributed by atoms with Gasteiger partial charge in [0.1, 0.15) is 17.9 Å². The van der Waals surface area contributed by atoms with Crippen LogP contribution in [0.4, 0.5) is 4.79 Å². The summed E-state index contributed by atoms with van der Waals surface area (Å²) in [6.07, 6.45) is 2.05. The molecule has 2 aromatic rings. The lowest BCUT2D eigenvalue weighted by Crippen LogP contribution is -2.55. The first-order valence-electron chi connectivity index (χ1n) is 10.6. The summed E-state index contributed by atoms with van der Waals surface area (Å²) in [5.41, 5.74) is 1.68. The monoisotopic (exact) mass is 405 g/mol. The molecule has 2 aromatic carbocycles. The van der Waals surface area contributed by atoms with E-state index >= 15 is 0 Å². The molecule has 6 nitrogen and oxygen atoms in total. The summed E-state index contributed by atoms with van der Waals surface area (Å²) in [7, 11) is 0. The van der Waals surface area contributed by atoms with Gasteiger partial charge in [-0.2, -0.15) is 5.26 Å². The van der Waals surface area contributed by atoms with Crippen LogP contribution in [0, 0.1) is 11.3 Å². The van der Waals surface area contributed by atoms with Crippen LogP contribution in [0.1, 0.15) is 42.7 Å². The maximum absolute atomic E-state index is 12.3. The molecule has 0 spiro atoms. The van der Waals surface area contributed by atoms with Crippen LogP contribution in [0.15, 0.2) is 54.6 Å². The van der Waals surface area contributed by atoms with Crippen LogP contribution in [0.25, 0.3) is 0 Å². The number of nitrogens with zero attached hydrogens (tertiary/aromatic N) is 2. The van der Waals surface area contributed by atoms with E-state index in [0.717, 1.165) is 25.8 Å². The second kappa shape index (κ2) is 9.19. The van der Waals surface area contributed by atoms with Gasteiger partial charge in [-0.25, -0.2) is 4.79 Å². The smallest absolute Gasteiger partial charge is 0.407 e. The first kappa shape index (κ1) is 20.2. The van der Waals surface area contributed by atoms with Crippen LogP contribution in [0.5, 0.6) is 5.75 Å². The number of carboxylic acid groups (broad SMARTS) is 1. The van der Waals surface area contributed by atoms with Crippen molar-refractivity contribution in [1.82, 2.24) is 10.2 Å². The number of hydrogen-bond donors (Lipinski definition) is 2. The van der Waals surface area contributed by atoms with Crippen LogP contribution in [-0.2, 0) is 0 Å². The predicted octanol–water partition coefficient (Wildman–Crippen LogP) is 3.98. The van der Waals surface area contributed by atoms with Gasteiger partial charge in [-0.15, -0.1) is 0 Å². The van der Waals surface area contributed by atoms with Gasteiger partial charge >= 0.3 is 6.09 Å². The molecule has 1 aliphatic carbocycles. The van der Waals surface area contributed by atoms with Gasteiger partial charge in [-0.3, -0.25) is 4.90 Å². The highest BCUT2D eigenvalue weighted by Crippen LogP contribution is 2.40. The van der Waals surface area contributed by atoms with Gasteiger partial charge < -0.3 is 15.2 Å². The largest absolute Gasteiger partial charge is 0.487 e. The Kier molecular flexibility index (Phi) is 6.20. The molecule has 6 heteroatoms. The molecule has 4 rings (SSSR count). The van der Waals surface area contributed by atoms with E-state index in [-0.39, 0.29) is 24.1 Å². The van der Waals surface area contributed by atoms with Crippen molar-refractivity contribution in [3.63, 3.8) is 0 Å². The van der Waals surface area contributed by atoms with Crippen molar-refractivity contribution < 1.29 is 14.6 Å². The number of carbonyl (C=O) groups is 1. The van der Waals surface area contributed by atoms with Crippen LogP contribution in [0.3, 0.4) is 0 Å². The number of amides is 1. The first-order valence-corrected chi connectivity index (χ1v) is 10.6. The molecule has 1 saturated carbocycles. The van der Waals surface area contributed by atoms with Gasteiger partial charge in [-0.1, -0.05) is 42.5 Å². The third-order valence-corrected chi connectivity index (χ3v) is 6.27. The van der Waals surface area contributed by atoms with Crippen LogP contribution in [0.2, 0.25) is 0 Å². The fourth-order valence-corrected chi connectivity index (χ4v) is 4.86. The minimum atomic E-state index is -0.899. The normalized spacial score (nSPS) is 26.0. The number of piperidine rings is 1. The fourth-order valence-electron chi connectivity index (χ4n) is 4.86. The van der Waals surface area contributed by atoms with Gasteiger partial charge in [0.2, 0.25) is 0 Å². The highest BCUT2D eigenvalue weighted by Gasteiger charge is 2.44. The molecule has 4 atom stereocenters. The van der Waals surface area contributed by atoms with E-state index in [9.17, 15) is 15.2 Å². The Hall–Kier alpha value is -3.04. The third-order valence-electron chi connectivity index (χ3n) is 6.27. The van der Waals surface area contributed by atoms with Gasteiger partial charge in [0.15, 0.2) is 0 Å². The second-order valence-corrected chi connectivity index (χ2v) is 8.10. The minimum absolute atomic E-state index is 0.0620. The van der Waals surface area contributed by atoms with Crippen molar-refractivity contribution >= 4 is 6.09 Å². The minimum Gasteiger partial charge on any atom is -0.487 e. The summed E-state index contributed by atoms with van der Waals surface area (Å²) >= 11 is 0. The summed E-state index contributed by atoms with van der Waals surface area (Å²) in [4.78, 5) is 14.0. The van der Waals surface area contributed by atoms with Gasteiger partial charge in [0, 0.05) is 12.6 Å². The van der Waals surface area contributed by atoms with Crippen molar-refractivity contribution in [2.75, 3.05) is 13.1 Å². The Balaban J connectivity index is 1.64. The Bertz CT molecular complexity index is 905. The highest BCUT2D eigenvalue weighted by molar-refractivity contribution is 5.66. The standard InChI is InChI=1S/C24H27N3O3/c25-15-18-9-4-5-11-22(18)30-23-14-19(17-7-2-1-3-8-17)13-21(23)27(24(28)29)20-10-6-12-26-16-20/h1-5,7-9,11,19-21,23,26H,6,10,12-14,16H2,(H,28,29)/t19-,20-,21-,23-/m1/s1. The summed E-state index contributed by atoms with van der Waals surface area (Å²) in [5.74, 6) is 0.740. The van der Waals surface area contributed by atoms with E-state index in [1.54, 1.807) is 17.0 Å². The van der Waals surface area contributed by atoms with Crippen LogP contribution in [-0.4, -0.2) is 47.4 Å². The van der Waals surface area contributed by atoms with E-state index in [4.69, 9.17) is 4.74 Å². The Morgan fingerprint density at radius 3 is 2.60 bits per heavy atom. The molecule has 0 unspecified atom stereocenters. The third kappa shape index (κ3) is 4.27. The molecule has 2 N–H and O–H groups in total. The number of hydrogen-bond acceptors (Lipinski definition) is 4. The molecule has 1 aliphatic heterocycles. The number of nitrogens with one attached hydrogen (secondary N) is 1. The summed E-state index contributed by atoms with van der Waals surface area (Å²) in [6.45, 7) is 1.59. The van der Waals surface area contributed by atoms with Crippen molar-refractivity contribution in [2.24, 2.45) is 0 Å². The molecule has 0 radical (unpaired) electrons. The SMILES string of the molecule is N#Cc1ccccc1O[C@@H]1C[C@H](c2ccccc2)C[C@H]1N(C(=O)O)[C@@H]1CCCNC1. The molecule has 156 valence electrons. The van der Waals surface area contributed by atoms with E-state index in [1.165, 1.54) is 5.56 Å². The average Bonchev–Trinajstić information content (AvgIpc) is 3.18. The summed E-state index contributed by atoms with van der Waals surface area (Å²) in [6, 6.07) is 19.2. The van der Waals surface area contributed by atoms with Crippen molar-refractivity contribution in [2.45, 2.75) is 49.8 Å². The van der Waals surface area contributed by atoms with Crippen molar-refractivity contribution in [3.8, 4) is 11.8 Å². The van der Waals surface area contributed by atoms with Gasteiger partial charge in [0.25, 0.3) is 0 Å². The van der Waals surface area contributed by atoms with Crippen LogP contribution >= 0.6 is 0 Å². The van der Waals surface area contributed by atoms with Crippen molar-refractivity contribution in [3.05, 3.63) is 65.7 Å². The predicted molar refractivity (Wildman–Crippen MR) is 114 cm³/mol. The zero-order valence-electron chi connectivity index (χ0n) is 16.9. The van der Waals surface area contributed by atoms with Gasteiger partial charge in [0.05, 0.1) is 11.6 Å². The maximum Gasteiger partial charge on any atom is 0.407 e. The Morgan fingerprint density at radius 1 is 1.13 bits per heavy atom. The lowest BCUT2D eigenvalue weighted by atomic mass is 9.97. The number of rotatable bonds is 5. The fraction of sp³-hybridized carbons (Fsp3) is 0.417. The molecule has 2 fully saturated rings. The molecule has 1 amide bonds. The first-order chi connectivity index (χ1) is 14.7. The highest BCUT2D eigenvalue weighted by atomic mass is 16.5. The summed E-state index contributed by atoms with van der Waals surface area (Å²) in [5, 5.41) is 22.9. The molecule has 2 aliphatic rings. The van der Waals surface area contributed by atoms with E-state index in [0.29, 0.717) is 24.3 Å². The number of nitriles is 1. The average molecular weight is 405 g/mol. The molecule has 0 bridgehead atoms. The van der Waals surface area contributed by atoms with E-state index < -0.39 is 6.09 Å². The molecular weight excluding hydrogens is 378 g/mol. The van der Waals surface area contributed by atoms with Crippen LogP contribution < -0.4 is 10.1 Å². The molecule has 1 saturated heterocycles. The zero-order chi connectivity index (χ0) is 20.9.